The van der Waals surface area contributed by atoms with Crippen LogP contribution in [0.4, 0.5) is 13.2 Å². The van der Waals surface area contributed by atoms with Crippen molar-refractivity contribution in [2.45, 2.75) is 38.3 Å². The maximum Gasteiger partial charge on any atom is 0.416 e. The molecule has 0 unspecified atom stereocenters. The Kier molecular flexibility index (Phi) is 4.15. The third-order valence-corrected chi connectivity index (χ3v) is 3.37. The van der Waals surface area contributed by atoms with Crippen LogP contribution in [0.25, 0.3) is 0 Å². The van der Waals surface area contributed by atoms with E-state index < -0.39 is 11.7 Å². The van der Waals surface area contributed by atoms with Crippen molar-refractivity contribution in [2.75, 3.05) is 6.61 Å². The molecule has 100 valence electrons. The highest BCUT2D eigenvalue weighted by Gasteiger charge is 2.30. The summed E-state index contributed by atoms with van der Waals surface area (Å²) in [5.74, 6) is 0.809. The molecule has 0 atom stereocenters. The van der Waals surface area contributed by atoms with Gasteiger partial charge >= 0.3 is 6.18 Å². The van der Waals surface area contributed by atoms with Crippen LogP contribution in [0.15, 0.2) is 24.3 Å². The molecule has 0 bridgehead atoms. The minimum atomic E-state index is -4.30. The van der Waals surface area contributed by atoms with Gasteiger partial charge in [0.25, 0.3) is 0 Å². The first kappa shape index (κ1) is 13.2. The van der Waals surface area contributed by atoms with Gasteiger partial charge < -0.3 is 4.74 Å². The average molecular weight is 258 g/mol. The maximum absolute atomic E-state index is 12.5. The number of halogens is 3. The molecular formula is C14H17F3O. The lowest BCUT2D eigenvalue weighted by Gasteiger charge is -2.21. The van der Waals surface area contributed by atoms with Gasteiger partial charge in [-0.05, 0) is 37.0 Å². The fourth-order valence-corrected chi connectivity index (χ4v) is 2.33. The molecule has 0 aliphatic heterocycles. The summed E-state index contributed by atoms with van der Waals surface area (Å²) in [6.45, 7) is 0.529. The van der Waals surface area contributed by atoms with E-state index in [-0.39, 0.29) is 0 Å². The first-order valence-electron chi connectivity index (χ1n) is 6.36. The molecule has 1 aliphatic carbocycles. The van der Waals surface area contributed by atoms with Crippen LogP contribution in [0.3, 0.4) is 0 Å². The highest BCUT2D eigenvalue weighted by atomic mass is 19.4. The Morgan fingerprint density at radius 2 is 1.83 bits per heavy atom. The van der Waals surface area contributed by atoms with Crippen LogP contribution in [0.1, 0.15) is 37.7 Å². The molecular weight excluding hydrogens is 241 g/mol. The molecule has 1 aliphatic rings. The molecule has 18 heavy (non-hydrogen) atoms. The predicted octanol–water partition coefficient (Wildman–Crippen LogP) is 4.66. The molecule has 0 radical (unpaired) electrons. The number of hydrogen-bond donors (Lipinski definition) is 0. The van der Waals surface area contributed by atoms with Crippen LogP contribution in [0, 0.1) is 5.92 Å². The van der Waals surface area contributed by atoms with Crippen LogP contribution in [0.2, 0.25) is 0 Å². The molecule has 0 heterocycles. The first-order chi connectivity index (χ1) is 8.55. The summed E-state index contributed by atoms with van der Waals surface area (Å²) < 4.78 is 43.0. The summed E-state index contributed by atoms with van der Waals surface area (Å²) >= 11 is 0. The minimum absolute atomic E-state index is 0.315. The Labute approximate surface area is 105 Å². The van der Waals surface area contributed by atoms with E-state index in [0.29, 0.717) is 18.3 Å². The highest BCUT2D eigenvalue weighted by Crippen LogP contribution is 2.31. The van der Waals surface area contributed by atoms with Crippen LogP contribution in [-0.4, -0.2) is 6.61 Å². The van der Waals surface area contributed by atoms with Gasteiger partial charge in [0.05, 0.1) is 12.2 Å². The van der Waals surface area contributed by atoms with Crippen molar-refractivity contribution in [3.05, 3.63) is 29.8 Å². The zero-order chi connectivity index (χ0) is 13.0. The summed E-state index contributed by atoms with van der Waals surface area (Å²) in [7, 11) is 0. The summed E-state index contributed by atoms with van der Waals surface area (Å²) in [4.78, 5) is 0. The van der Waals surface area contributed by atoms with Crippen molar-refractivity contribution in [3.8, 4) is 5.75 Å². The van der Waals surface area contributed by atoms with Gasteiger partial charge in [-0.2, -0.15) is 13.2 Å². The lowest BCUT2D eigenvalue weighted by atomic mass is 9.90. The van der Waals surface area contributed by atoms with E-state index in [1.807, 2.05) is 0 Å². The number of alkyl halides is 3. The molecule has 1 aromatic carbocycles. The summed E-state index contributed by atoms with van der Waals surface area (Å²) in [6.07, 6.45) is 1.62. The van der Waals surface area contributed by atoms with Crippen molar-refractivity contribution in [1.82, 2.24) is 0 Å². The molecule has 1 aromatic rings. The SMILES string of the molecule is FC(F)(F)c1cccc(OCC2CCCCC2)c1. The highest BCUT2D eigenvalue weighted by molar-refractivity contribution is 5.30. The Morgan fingerprint density at radius 3 is 2.50 bits per heavy atom. The maximum atomic E-state index is 12.5. The summed E-state index contributed by atoms with van der Waals surface area (Å²) in [6, 6.07) is 5.10. The standard InChI is InChI=1S/C14H17F3O/c15-14(16,17)12-7-4-8-13(9-12)18-10-11-5-2-1-3-6-11/h4,7-9,11H,1-3,5-6,10H2. The van der Waals surface area contributed by atoms with Crippen LogP contribution < -0.4 is 4.74 Å². The molecule has 0 aromatic heterocycles. The van der Waals surface area contributed by atoms with Crippen LogP contribution in [-0.2, 0) is 6.18 Å². The fraction of sp³-hybridized carbons (Fsp3) is 0.571. The van der Waals surface area contributed by atoms with Crippen molar-refractivity contribution < 1.29 is 17.9 Å². The van der Waals surface area contributed by atoms with Gasteiger partial charge in [0.15, 0.2) is 0 Å². The number of hydrogen-bond acceptors (Lipinski definition) is 1. The molecule has 1 saturated carbocycles. The Bertz CT molecular complexity index is 381. The largest absolute Gasteiger partial charge is 0.493 e. The fourth-order valence-electron chi connectivity index (χ4n) is 2.33. The number of ether oxygens (including phenoxy) is 1. The number of benzene rings is 1. The van der Waals surface area contributed by atoms with E-state index in [2.05, 4.69) is 0 Å². The number of rotatable bonds is 3. The van der Waals surface area contributed by atoms with Gasteiger partial charge in [-0.3, -0.25) is 0 Å². The molecule has 0 spiro atoms. The van der Waals surface area contributed by atoms with E-state index in [1.165, 1.54) is 25.3 Å². The van der Waals surface area contributed by atoms with Crippen molar-refractivity contribution >= 4 is 0 Å². The van der Waals surface area contributed by atoms with Gasteiger partial charge in [0, 0.05) is 0 Å². The van der Waals surface area contributed by atoms with Crippen molar-refractivity contribution in [1.29, 1.82) is 0 Å². The molecule has 0 saturated heterocycles. The lowest BCUT2D eigenvalue weighted by molar-refractivity contribution is -0.137. The summed E-state index contributed by atoms with van der Waals surface area (Å²) in [5, 5.41) is 0. The second kappa shape index (κ2) is 5.63. The predicted molar refractivity (Wildman–Crippen MR) is 63.5 cm³/mol. The minimum Gasteiger partial charge on any atom is -0.493 e. The quantitative estimate of drug-likeness (QED) is 0.765. The second-order valence-corrected chi connectivity index (χ2v) is 4.84. The van der Waals surface area contributed by atoms with E-state index in [1.54, 1.807) is 6.07 Å². The Hall–Kier alpha value is -1.19. The molecule has 0 N–H and O–H groups in total. The molecule has 4 heteroatoms. The van der Waals surface area contributed by atoms with Gasteiger partial charge in [-0.15, -0.1) is 0 Å². The van der Waals surface area contributed by atoms with Gasteiger partial charge in [0.1, 0.15) is 5.75 Å². The van der Waals surface area contributed by atoms with E-state index in [0.717, 1.165) is 25.0 Å². The van der Waals surface area contributed by atoms with Crippen molar-refractivity contribution in [2.24, 2.45) is 5.92 Å². The zero-order valence-electron chi connectivity index (χ0n) is 10.2. The van der Waals surface area contributed by atoms with E-state index in [9.17, 15) is 13.2 Å². The average Bonchev–Trinajstić information content (AvgIpc) is 2.37. The monoisotopic (exact) mass is 258 g/mol. The normalized spacial score (nSPS) is 17.7. The second-order valence-electron chi connectivity index (χ2n) is 4.84. The van der Waals surface area contributed by atoms with Gasteiger partial charge in [0.2, 0.25) is 0 Å². The molecule has 2 rings (SSSR count). The lowest BCUT2D eigenvalue weighted by Crippen LogP contribution is -2.15. The van der Waals surface area contributed by atoms with E-state index >= 15 is 0 Å². The topological polar surface area (TPSA) is 9.23 Å². The Morgan fingerprint density at radius 1 is 1.11 bits per heavy atom. The smallest absolute Gasteiger partial charge is 0.416 e. The van der Waals surface area contributed by atoms with Crippen LogP contribution in [0.5, 0.6) is 5.75 Å². The third-order valence-electron chi connectivity index (χ3n) is 3.37. The van der Waals surface area contributed by atoms with Gasteiger partial charge in [-0.1, -0.05) is 25.3 Å². The molecule has 1 nitrogen and oxygen atoms in total. The van der Waals surface area contributed by atoms with E-state index in [4.69, 9.17) is 4.74 Å². The first-order valence-corrected chi connectivity index (χ1v) is 6.36. The Balaban J connectivity index is 1.92. The van der Waals surface area contributed by atoms with Crippen LogP contribution >= 0.6 is 0 Å². The molecule has 1 fully saturated rings. The third kappa shape index (κ3) is 3.65. The van der Waals surface area contributed by atoms with Crippen molar-refractivity contribution in [3.63, 3.8) is 0 Å². The zero-order valence-corrected chi connectivity index (χ0v) is 10.2. The summed E-state index contributed by atoms with van der Waals surface area (Å²) in [5.41, 5.74) is -0.649. The molecule has 0 amide bonds. The van der Waals surface area contributed by atoms with Gasteiger partial charge in [-0.25, -0.2) is 0 Å².